The fourth-order valence-electron chi connectivity index (χ4n) is 3.04. The van der Waals surface area contributed by atoms with Crippen molar-refractivity contribution in [1.82, 2.24) is 9.78 Å². The van der Waals surface area contributed by atoms with E-state index in [1.807, 2.05) is 48.7 Å². The molecule has 0 spiro atoms. The molecular weight excluding hydrogens is 394 g/mol. The van der Waals surface area contributed by atoms with Crippen LogP contribution in [0.3, 0.4) is 0 Å². The Labute approximate surface area is 168 Å². The van der Waals surface area contributed by atoms with Crippen molar-refractivity contribution in [2.75, 3.05) is 0 Å². The number of primary sulfonamides is 1. The zero-order valence-electron chi connectivity index (χ0n) is 14.7. The highest BCUT2D eigenvalue weighted by Crippen LogP contribution is 2.35. The molecule has 0 unspecified atom stereocenters. The average Bonchev–Trinajstić information content (AvgIpc) is 3.14. The minimum absolute atomic E-state index is 0.0310. The summed E-state index contributed by atoms with van der Waals surface area (Å²) in [7, 11) is -3.91. The van der Waals surface area contributed by atoms with E-state index in [9.17, 15) is 8.42 Å². The van der Waals surface area contributed by atoms with Crippen molar-refractivity contribution in [2.24, 2.45) is 5.14 Å². The predicted octanol–water partition coefficient (Wildman–Crippen LogP) is 4.51. The highest BCUT2D eigenvalue weighted by Gasteiger charge is 2.21. The summed E-state index contributed by atoms with van der Waals surface area (Å²) in [4.78, 5) is 0.0310. The molecule has 0 aliphatic heterocycles. The molecule has 1 aromatic heterocycles. The first-order chi connectivity index (χ1) is 13.4. The summed E-state index contributed by atoms with van der Waals surface area (Å²) < 4.78 is 26.0. The van der Waals surface area contributed by atoms with Gasteiger partial charge >= 0.3 is 0 Å². The van der Waals surface area contributed by atoms with Crippen LogP contribution in [0.15, 0.2) is 90.0 Å². The number of benzene rings is 3. The summed E-state index contributed by atoms with van der Waals surface area (Å²) in [5.41, 5.74) is 3.47. The van der Waals surface area contributed by atoms with Crippen LogP contribution in [0.4, 0.5) is 0 Å². The van der Waals surface area contributed by atoms with Crippen LogP contribution >= 0.6 is 11.6 Å². The van der Waals surface area contributed by atoms with E-state index < -0.39 is 10.0 Å². The molecule has 0 aliphatic rings. The first-order valence-electron chi connectivity index (χ1n) is 8.47. The van der Waals surface area contributed by atoms with Gasteiger partial charge in [-0.15, -0.1) is 0 Å². The van der Waals surface area contributed by atoms with Gasteiger partial charge in [-0.25, -0.2) is 18.2 Å². The maximum Gasteiger partial charge on any atom is 0.238 e. The predicted molar refractivity (Wildman–Crippen MR) is 111 cm³/mol. The van der Waals surface area contributed by atoms with Crippen LogP contribution in [0.1, 0.15) is 0 Å². The third-order valence-electron chi connectivity index (χ3n) is 4.34. The highest BCUT2D eigenvalue weighted by molar-refractivity contribution is 7.89. The molecule has 2 N–H and O–H groups in total. The van der Waals surface area contributed by atoms with E-state index in [1.165, 1.54) is 6.07 Å². The molecule has 0 amide bonds. The smallest absolute Gasteiger partial charge is 0.238 e. The maximum absolute atomic E-state index is 12.1. The number of nitrogens with zero attached hydrogens (tertiary/aromatic N) is 2. The molecule has 0 saturated carbocycles. The highest BCUT2D eigenvalue weighted by atomic mass is 35.5. The van der Waals surface area contributed by atoms with Gasteiger partial charge in [0.25, 0.3) is 0 Å². The lowest BCUT2D eigenvalue weighted by Gasteiger charge is -2.08. The number of para-hydroxylation sites is 1. The molecule has 28 heavy (non-hydrogen) atoms. The van der Waals surface area contributed by atoms with Crippen LogP contribution in [0.5, 0.6) is 0 Å². The van der Waals surface area contributed by atoms with E-state index in [0.717, 1.165) is 16.8 Å². The Morgan fingerprint density at radius 2 is 1.46 bits per heavy atom. The minimum Gasteiger partial charge on any atom is -0.240 e. The normalized spacial score (nSPS) is 11.5. The SMILES string of the molecule is NS(=O)(=O)c1ccccc1-c1nn(-c2ccccc2)cc1-c1ccc(Cl)cc1. The molecule has 4 rings (SSSR count). The standard InChI is InChI=1S/C21H16ClN3O2S/c22-16-12-10-15(11-13-16)19-14-25(17-6-2-1-3-7-17)24-21(19)18-8-4-5-9-20(18)28(23,26)27/h1-14H,(H2,23,26,27). The molecule has 7 heteroatoms. The third-order valence-corrected chi connectivity index (χ3v) is 5.56. The van der Waals surface area contributed by atoms with Gasteiger partial charge in [-0.2, -0.15) is 5.10 Å². The molecule has 4 aromatic rings. The summed E-state index contributed by atoms with van der Waals surface area (Å²) in [6.07, 6.45) is 1.87. The third kappa shape index (κ3) is 3.57. The quantitative estimate of drug-likeness (QED) is 0.538. The van der Waals surface area contributed by atoms with Crippen LogP contribution in [-0.2, 0) is 10.0 Å². The molecule has 0 bridgehead atoms. The largest absolute Gasteiger partial charge is 0.240 e. The summed E-state index contributed by atoms with van der Waals surface area (Å²) >= 11 is 6.03. The number of halogens is 1. The number of sulfonamides is 1. The number of hydrogen-bond donors (Lipinski definition) is 1. The zero-order chi connectivity index (χ0) is 19.7. The summed E-state index contributed by atoms with van der Waals surface area (Å²) in [5, 5.41) is 10.7. The monoisotopic (exact) mass is 409 g/mol. The molecule has 0 aliphatic carbocycles. The van der Waals surface area contributed by atoms with Crippen LogP contribution < -0.4 is 5.14 Å². The second-order valence-corrected chi connectivity index (χ2v) is 8.19. The molecule has 0 atom stereocenters. The van der Waals surface area contributed by atoms with Gasteiger partial charge in [-0.05, 0) is 35.9 Å². The zero-order valence-corrected chi connectivity index (χ0v) is 16.2. The second-order valence-electron chi connectivity index (χ2n) is 6.22. The van der Waals surface area contributed by atoms with Gasteiger partial charge in [-0.3, -0.25) is 0 Å². The molecule has 0 fully saturated rings. The van der Waals surface area contributed by atoms with Crippen LogP contribution in [0.2, 0.25) is 5.02 Å². The lowest BCUT2D eigenvalue weighted by atomic mass is 10.0. The Bertz CT molecular complexity index is 1230. The fourth-order valence-corrected chi connectivity index (χ4v) is 3.90. The molecular formula is C21H16ClN3O2S. The van der Waals surface area contributed by atoms with Gasteiger partial charge in [-0.1, -0.05) is 60.1 Å². The molecule has 0 radical (unpaired) electrons. The van der Waals surface area contributed by atoms with E-state index in [1.54, 1.807) is 35.0 Å². The van der Waals surface area contributed by atoms with Gasteiger partial charge in [0.2, 0.25) is 10.0 Å². The Kier molecular flexibility index (Phi) is 4.77. The Morgan fingerprint density at radius 1 is 0.821 bits per heavy atom. The summed E-state index contributed by atoms with van der Waals surface area (Å²) in [6.45, 7) is 0. The van der Waals surface area contributed by atoms with Crippen LogP contribution in [-0.4, -0.2) is 18.2 Å². The van der Waals surface area contributed by atoms with Gasteiger partial charge in [0, 0.05) is 22.3 Å². The van der Waals surface area contributed by atoms with Gasteiger partial charge in [0.1, 0.15) is 5.69 Å². The Hall–Kier alpha value is -2.93. The first-order valence-corrected chi connectivity index (χ1v) is 10.4. The average molecular weight is 410 g/mol. The molecule has 1 heterocycles. The van der Waals surface area contributed by atoms with Crippen LogP contribution in [0.25, 0.3) is 28.1 Å². The Balaban J connectivity index is 1.99. The lowest BCUT2D eigenvalue weighted by Crippen LogP contribution is -2.13. The van der Waals surface area contributed by atoms with Crippen molar-refractivity contribution in [3.8, 4) is 28.1 Å². The first kappa shape index (κ1) is 18.4. The van der Waals surface area contributed by atoms with Crippen LogP contribution in [0, 0.1) is 0 Å². The van der Waals surface area contributed by atoms with Crippen molar-refractivity contribution in [3.05, 3.63) is 90.1 Å². The Morgan fingerprint density at radius 3 is 2.14 bits per heavy atom. The topological polar surface area (TPSA) is 78.0 Å². The number of aromatic nitrogens is 2. The number of rotatable bonds is 4. The van der Waals surface area contributed by atoms with E-state index in [4.69, 9.17) is 16.7 Å². The summed E-state index contributed by atoms with van der Waals surface area (Å²) in [5.74, 6) is 0. The maximum atomic E-state index is 12.1. The molecule has 3 aromatic carbocycles. The molecule has 140 valence electrons. The van der Waals surface area contributed by atoms with Gasteiger partial charge in [0.05, 0.1) is 10.6 Å². The fraction of sp³-hybridized carbons (Fsp3) is 0. The van der Waals surface area contributed by atoms with Crippen molar-refractivity contribution in [3.63, 3.8) is 0 Å². The number of nitrogens with two attached hydrogens (primary N) is 1. The van der Waals surface area contributed by atoms with E-state index in [0.29, 0.717) is 16.3 Å². The van der Waals surface area contributed by atoms with Gasteiger partial charge in [0.15, 0.2) is 0 Å². The second kappa shape index (κ2) is 7.24. The molecule has 0 saturated heterocycles. The van der Waals surface area contributed by atoms with Crippen molar-refractivity contribution in [2.45, 2.75) is 4.90 Å². The van der Waals surface area contributed by atoms with E-state index in [-0.39, 0.29) is 4.90 Å². The minimum atomic E-state index is -3.91. The molecule has 5 nitrogen and oxygen atoms in total. The van der Waals surface area contributed by atoms with Gasteiger partial charge < -0.3 is 0 Å². The van der Waals surface area contributed by atoms with Crippen molar-refractivity contribution >= 4 is 21.6 Å². The van der Waals surface area contributed by atoms with Crippen molar-refractivity contribution in [1.29, 1.82) is 0 Å². The van der Waals surface area contributed by atoms with E-state index in [2.05, 4.69) is 5.10 Å². The van der Waals surface area contributed by atoms with Crippen molar-refractivity contribution < 1.29 is 8.42 Å². The lowest BCUT2D eigenvalue weighted by molar-refractivity contribution is 0.598. The summed E-state index contributed by atoms with van der Waals surface area (Å²) in [6, 6.07) is 23.5. The number of hydrogen-bond acceptors (Lipinski definition) is 3. The van der Waals surface area contributed by atoms with E-state index >= 15 is 0 Å².